The Morgan fingerprint density at radius 2 is 2.21 bits per heavy atom. The molecule has 3 heteroatoms. The molecule has 1 saturated carbocycles. The number of aromatic nitrogens is 1. The molecule has 0 radical (unpaired) electrons. The molecule has 104 valence electrons. The molecular formula is C16H25N3. The van der Waals surface area contributed by atoms with Gasteiger partial charge in [0.05, 0.1) is 11.5 Å². The fourth-order valence-corrected chi connectivity index (χ4v) is 2.27. The molecule has 1 aliphatic carbocycles. The molecule has 1 aliphatic rings. The molecule has 1 N–H and O–H groups in total. The monoisotopic (exact) mass is 259 g/mol. The van der Waals surface area contributed by atoms with Gasteiger partial charge < -0.3 is 9.88 Å². The summed E-state index contributed by atoms with van der Waals surface area (Å²) in [4.78, 5) is 0. The predicted molar refractivity (Wildman–Crippen MR) is 77.5 cm³/mol. The van der Waals surface area contributed by atoms with Gasteiger partial charge in [0.2, 0.25) is 0 Å². The smallest absolute Gasteiger partial charge is 0.0683 e. The highest BCUT2D eigenvalue weighted by molar-refractivity contribution is 5.07. The van der Waals surface area contributed by atoms with Crippen LogP contribution in [0.4, 0.5) is 0 Å². The number of nitrogens with zero attached hydrogens (tertiary/aromatic N) is 2. The molecule has 3 nitrogen and oxygen atoms in total. The lowest BCUT2D eigenvalue weighted by atomic mass is 9.89. The van der Waals surface area contributed by atoms with Gasteiger partial charge in [-0.25, -0.2) is 0 Å². The van der Waals surface area contributed by atoms with Gasteiger partial charge >= 0.3 is 0 Å². The largest absolute Gasteiger partial charge is 0.350 e. The molecule has 0 atom stereocenters. The summed E-state index contributed by atoms with van der Waals surface area (Å²) in [5.41, 5.74) is 1.21. The molecule has 0 unspecified atom stereocenters. The van der Waals surface area contributed by atoms with E-state index in [1.54, 1.807) is 0 Å². The summed E-state index contributed by atoms with van der Waals surface area (Å²) in [6, 6.07) is 7.46. The highest BCUT2D eigenvalue weighted by Gasteiger charge is 2.20. The van der Waals surface area contributed by atoms with Gasteiger partial charge in [0.25, 0.3) is 0 Å². The van der Waals surface area contributed by atoms with Crippen molar-refractivity contribution in [2.24, 2.45) is 5.41 Å². The maximum Gasteiger partial charge on any atom is 0.0683 e. The van der Waals surface area contributed by atoms with Gasteiger partial charge in [-0.15, -0.1) is 0 Å². The SMILES string of the molecule is CC(C)(C#N)CCCCn1cccc1CNC1CC1. The number of rotatable bonds is 8. The van der Waals surface area contributed by atoms with Gasteiger partial charge in [-0.05, 0) is 51.7 Å². The van der Waals surface area contributed by atoms with Crippen LogP contribution in [0.25, 0.3) is 0 Å². The number of nitriles is 1. The van der Waals surface area contributed by atoms with Crippen LogP contribution in [-0.4, -0.2) is 10.6 Å². The molecule has 0 saturated heterocycles. The van der Waals surface area contributed by atoms with Crippen LogP contribution in [0.3, 0.4) is 0 Å². The molecule has 0 aromatic carbocycles. The first-order valence-electron chi connectivity index (χ1n) is 7.39. The number of hydrogen-bond donors (Lipinski definition) is 1. The number of nitrogens with one attached hydrogen (secondary N) is 1. The van der Waals surface area contributed by atoms with Crippen LogP contribution in [0.15, 0.2) is 18.3 Å². The molecule has 0 spiro atoms. The van der Waals surface area contributed by atoms with E-state index in [1.165, 1.54) is 18.5 Å². The van der Waals surface area contributed by atoms with Gasteiger partial charge in [0.1, 0.15) is 0 Å². The predicted octanol–water partition coefficient (Wildman–Crippen LogP) is 3.46. The second kappa shape index (κ2) is 6.25. The first-order valence-corrected chi connectivity index (χ1v) is 7.39. The maximum atomic E-state index is 8.99. The van der Waals surface area contributed by atoms with Crippen LogP contribution in [0, 0.1) is 16.7 Å². The van der Waals surface area contributed by atoms with Crippen molar-refractivity contribution in [3.05, 3.63) is 24.0 Å². The summed E-state index contributed by atoms with van der Waals surface area (Å²) in [7, 11) is 0. The average Bonchev–Trinajstić information content (AvgIpc) is 3.12. The molecule has 0 amide bonds. The summed E-state index contributed by atoms with van der Waals surface area (Å²) in [6.45, 7) is 6.10. The molecule has 1 fully saturated rings. The molecule has 2 rings (SSSR count). The molecule has 19 heavy (non-hydrogen) atoms. The lowest BCUT2D eigenvalue weighted by Gasteiger charge is -2.15. The van der Waals surface area contributed by atoms with Crippen molar-refractivity contribution in [1.29, 1.82) is 5.26 Å². The lowest BCUT2D eigenvalue weighted by molar-refractivity contribution is 0.415. The van der Waals surface area contributed by atoms with E-state index in [2.05, 4.69) is 34.3 Å². The molecule has 0 bridgehead atoms. The fourth-order valence-electron chi connectivity index (χ4n) is 2.27. The van der Waals surface area contributed by atoms with E-state index in [-0.39, 0.29) is 5.41 Å². The van der Waals surface area contributed by atoms with Gasteiger partial charge in [0.15, 0.2) is 0 Å². The first kappa shape index (κ1) is 14.1. The Bertz CT molecular complexity index is 435. The Morgan fingerprint density at radius 1 is 1.42 bits per heavy atom. The summed E-state index contributed by atoms with van der Waals surface area (Å²) < 4.78 is 2.34. The quantitative estimate of drug-likeness (QED) is 0.726. The van der Waals surface area contributed by atoms with Crippen LogP contribution in [0.2, 0.25) is 0 Å². The van der Waals surface area contributed by atoms with Crippen LogP contribution < -0.4 is 5.32 Å². The van der Waals surface area contributed by atoms with Crippen molar-refractivity contribution >= 4 is 0 Å². The molecule has 1 aromatic rings. The van der Waals surface area contributed by atoms with E-state index < -0.39 is 0 Å². The Balaban J connectivity index is 1.70. The van der Waals surface area contributed by atoms with E-state index in [0.29, 0.717) is 0 Å². The van der Waals surface area contributed by atoms with Crippen molar-refractivity contribution in [3.8, 4) is 6.07 Å². The van der Waals surface area contributed by atoms with E-state index in [1.807, 2.05) is 13.8 Å². The standard InChI is InChI=1S/C16H25N3/c1-16(2,13-17)9-3-4-10-19-11-5-6-15(19)12-18-14-7-8-14/h5-6,11,14,18H,3-4,7-10,12H2,1-2H3. The minimum absolute atomic E-state index is 0.174. The van der Waals surface area contributed by atoms with Crippen LogP contribution in [0.5, 0.6) is 0 Å². The van der Waals surface area contributed by atoms with Crippen LogP contribution in [-0.2, 0) is 13.1 Å². The van der Waals surface area contributed by atoms with Crippen LogP contribution in [0.1, 0.15) is 51.6 Å². The summed E-state index contributed by atoms with van der Waals surface area (Å²) in [5.74, 6) is 0. The summed E-state index contributed by atoms with van der Waals surface area (Å²) >= 11 is 0. The molecule has 0 aliphatic heterocycles. The molecular weight excluding hydrogens is 234 g/mol. The van der Waals surface area contributed by atoms with Gasteiger partial charge in [-0.2, -0.15) is 5.26 Å². The summed E-state index contributed by atoms with van der Waals surface area (Å²) in [6.07, 6.45) is 8.10. The van der Waals surface area contributed by atoms with Gasteiger partial charge in [0, 0.05) is 31.0 Å². The van der Waals surface area contributed by atoms with Crippen LogP contribution >= 0.6 is 0 Å². The zero-order chi connectivity index (χ0) is 13.7. The average molecular weight is 259 g/mol. The van der Waals surface area contributed by atoms with Gasteiger partial charge in [-0.1, -0.05) is 6.42 Å². The minimum atomic E-state index is -0.174. The van der Waals surface area contributed by atoms with Crippen molar-refractivity contribution in [3.63, 3.8) is 0 Å². The minimum Gasteiger partial charge on any atom is -0.350 e. The highest BCUT2D eigenvalue weighted by atomic mass is 15.0. The van der Waals surface area contributed by atoms with Crippen molar-refractivity contribution in [2.75, 3.05) is 0 Å². The summed E-state index contributed by atoms with van der Waals surface area (Å²) in [5, 5.41) is 12.5. The van der Waals surface area contributed by atoms with E-state index in [9.17, 15) is 0 Å². The second-order valence-electron chi connectivity index (χ2n) is 6.30. The number of aryl methyl sites for hydroxylation is 1. The third kappa shape index (κ3) is 4.72. The maximum absolute atomic E-state index is 8.99. The Hall–Kier alpha value is -1.27. The van der Waals surface area contributed by atoms with E-state index in [0.717, 1.165) is 38.4 Å². The Morgan fingerprint density at radius 3 is 2.89 bits per heavy atom. The van der Waals surface area contributed by atoms with E-state index in [4.69, 9.17) is 5.26 Å². The zero-order valence-corrected chi connectivity index (χ0v) is 12.2. The lowest BCUT2D eigenvalue weighted by Crippen LogP contribution is -2.18. The third-order valence-electron chi connectivity index (χ3n) is 3.83. The normalized spacial score (nSPS) is 15.4. The third-order valence-corrected chi connectivity index (χ3v) is 3.83. The zero-order valence-electron chi connectivity index (χ0n) is 12.2. The number of hydrogen-bond acceptors (Lipinski definition) is 2. The van der Waals surface area contributed by atoms with Crippen molar-refractivity contribution < 1.29 is 0 Å². The first-order chi connectivity index (χ1) is 9.11. The highest BCUT2D eigenvalue weighted by Crippen LogP contribution is 2.22. The van der Waals surface area contributed by atoms with Crippen molar-refractivity contribution in [1.82, 2.24) is 9.88 Å². The van der Waals surface area contributed by atoms with Crippen molar-refractivity contribution in [2.45, 2.75) is 65.1 Å². The molecule has 1 heterocycles. The topological polar surface area (TPSA) is 40.8 Å². The van der Waals surface area contributed by atoms with E-state index >= 15 is 0 Å². The number of unbranched alkanes of at least 4 members (excludes halogenated alkanes) is 1. The Labute approximate surface area is 116 Å². The fraction of sp³-hybridized carbons (Fsp3) is 0.688. The second-order valence-corrected chi connectivity index (χ2v) is 6.30. The molecule has 1 aromatic heterocycles. The Kier molecular flexibility index (Phi) is 4.66. The van der Waals surface area contributed by atoms with Gasteiger partial charge in [-0.3, -0.25) is 0 Å².